The molecule has 7 aromatic heterocycles. The molecule has 0 fully saturated rings. The minimum Gasteiger partial charge on any atom is -0.388 e. The van der Waals surface area contributed by atoms with E-state index >= 15 is 0 Å². The van der Waals surface area contributed by atoms with Gasteiger partial charge in [0.1, 0.15) is 30.1 Å². The molecule has 0 saturated heterocycles. The molecule has 0 bridgehead atoms. The van der Waals surface area contributed by atoms with E-state index in [1.54, 1.807) is 74.2 Å². The third-order valence-corrected chi connectivity index (χ3v) is 7.29. The smallest absolute Gasteiger partial charge is 0.148 e. The molecule has 0 saturated carbocycles. The predicted molar refractivity (Wildman–Crippen MR) is 264 cm³/mol. The van der Waals surface area contributed by atoms with E-state index in [9.17, 15) is 0 Å². The normalized spacial score (nSPS) is 8.62. The van der Waals surface area contributed by atoms with Crippen molar-refractivity contribution >= 4 is 45.9 Å². The number of rotatable bonds is 8. The van der Waals surface area contributed by atoms with Crippen LogP contribution in [0.2, 0.25) is 0 Å². The van der Waals surface area contributed by atoms with Gasteiger partial charge in [-0.2, -0.15) is 15.3 Å². The van der Waals surface area contributed by atoms with Gasteiger partial charge in [0.2, 0.25) is 0 Å². The van der Waals surface area contributed by atoms with E-state index in [4.69, 9.17) is 0 Å². The Kier molecular flexibility index (Phi) is 32.2. The first-order valence-corrected chi connectivity index (χ1v) is 19.7. The van der Waals surface area contributed by atoms with E-state index in [1.165, 1.54) is 12.7 Å². The average Bonchev–Trinajstić information content (AvgIpc) is 3.41. The third-order valence-electron chi connectivity index (χ3n) is 7.29. The lowest BCUT2D eigenvalue weighted by atomic mass is 10.3. The molecule has 8 aromatic rings. The topological polar surface area (TPSA) is 238 Å². The van der Waals surface area contributed by atoms with Gasteiger partial charge in [0.05, 0.1) is 41.8 Å². The van der Waals surface area contributed by atoms with Crippen molar-refractivity contribution in [3.05, 3.63) is 178 Å². The molecule has 0 atom stereocenters. The molecule has 0 unspecified atom stereocenters. The Labute approximate surface area is 377 Å². The minimum absolute atomic E-state index is 0.799. The number of nitrogens with zero attached hydrogens (tertiary/aromatic N) is 11. The molecule has 0 spiro atoms. The van der Waals surface area contributed by atoms with Gasteiger partial charge in [-0.1, -0.05) is 24.3 Å². The SMILES string of the molecule is CNc1ccccc1.CNc1ccccn1.CNc1cccnc1.CNc1cccnn1.CNc1ccncc1.CNc1ccncn1.CNc1ccnnc1.CNc1cncnc1. The van der Waals surface area contributed by atoms with Gasteiger partial charge in [-0.05, 0) is 72.8 Å². The molecule has 8 N–H and O–H groups in total. The molecule has 0 amide bonds. The quantitative estimate of drug-likeness (QED) is 0.0755. The maximum absolute atomic E-state index is 3.99. The number of pyridine rings is 3. The monoisotopic (exact) mass is 868 g/mol. The van der Waals surface area contributed by atoms with Crippen LogP contribution < -0.4 is 42.5 Å². The fourth-order valence-electron chi connectivity index (χ4n) is 3.88. The highest BCUT2D eigenvalue weighted by atomic mass is 15.2. The van der Waals surface area contributed by atoms with Gasteiger partial charge in [0.25, 0.3) is 0 Å². The Balaban J connectivity index is 0.000000366. The minimum atomic E-state index is 0.799. The Hall–Kier alpha value is -8.61. The summed E-state index contributed by atoms with van der Waals surface area (Å²) in [6.45, 7) is 0. The largest absolute Gasteiger partial charge is 0.388 e. The summed E-state index contributed by atoms with van der Waals surface area (Å²) >= 11 is 0. The first-order valence-electron chi connectivity index (χ1n) is 19.7. The summed E-state index contributed by atoms with van der Waals surface area (Å²) < 4.78 is 0. The molecule has 336 valence electrons. The number of anilines is 8. The van der Waals surface area contributed by atoms with Crippen molar-refractivity contribution in [1.29, 1.82) is 0 Å². The van der Waals surface area contributed by atoms with Crippen molar-refractivity contribution in [2.24, 2.45) is 0 Å². The molecule has 1 aromatic carbocycles. The molecule has 64 heavy (non-hydrogen) atoms. The van der Waals surface area contributed by atoms with Crippen LogP contribution in [-0.4, -0.2) is 112 Å². The first kappa shape index (κ1) is 53.4. The van der Waals surface area contributed by atoms with Crippen molar-refractivity contribution in [2.45, 2.75) is 0 Å². The highest BCUT2D eigenvalue weighted by molar-refractivity contribution is 5.42. The van der Waals surface area contributed by atoms with Crippen molar-refractivity contribution in [3.8, 4) is 0 Å². The average molecular weight is 868 g/mol. The molecule has 0 aliphatic rings. The van der Waals surface area contributed by atoms with Gasteiger partial charge in [0, 0.05) is 111 Å². The summed E-state index contributed by atoms with van der Waals surface area (Å²) in [4.78, 5) is 26.9. The Bertz CT molecular complexity index is 1660. The van der Waals surface area contributed by atoms with Gasteiger partial charge in [-0.25, -0.2) is 24.9 Å². The molecular weight excluding hydrogens is 807 g/mol. The van der Waals surface area contributed by atoms with Gasteiger partial charge in [-0.3, -0.25) is 9.97 Å². The zero-order valence-corrected chi connectivity index (χ0v) is 37.7. The van der Waals surface area contributed by atoms with Crippen LogP contribution >= 0.6 is 0 Å². The van der Waals surface area contributed by atoms with Crippen molar-refractivity contribution in [2.75, 3.05) is 98.9 Å². The molecule has 0 aliphatic carbocycles. The lowest BCUT2D eigenvalue weighted by molar-refractivity contribution is 1.03. The van der Waals surface area contributed by atoms with Gasteiger partial charge in [-0.15, -0.1) is 5.10 Å². The maximum atomic E-state index is 3.99. The second kappa shape index (κ2) is 38.6. The maximum Gasteiger partial charge on any atom is 0.148 e. The highest BCUT2D eigenvalue weighted by Crippen LogP contribution is 2.02. The summed E-state index contributed by atoms with van der Waals surface area (Å²) in [5, 5.41) is 38.1. The second-order valence-electron chi connectivity index (χ2n) is 11.5. The van der Waals surface area contributed by atoms with Gasteiger partial charge in [0.15, 0.2) is 0 Å². The predicted octanol–water partition coefficient (Wildman–Crippen LogP) is 7.17. The molecule has 8 rings (SSSR count). The molecule has 0 radical (unpaired) electrons. The summed E-state index contributed by atoms with van der Waals surface area (Å²) in [5.74, 6) is 2.56. The van der Waals surface area contributed by atoms with Crippen LogP contribution in [0.15, 0.2) is 178 Å². The number of benzene rings is 1. The Morgan fingerprint density at radius 1 is 0.281 bits per heavy atom. The van der Waals surface area contributed by atoms with Crippen LogP contribution in [0.4, 0.5) is 45.9 Å². The zero-order valence-electron chi connectivity index (χ0n) is 37.7. The van der Waals surface area contributed by atoms with E-state index in [-0.39, 0.29) is 0 Å². The molecular formula is C45H61N19. The van der Waals surface area contributed by atoms with E-state index in [2.05, 4.69) is 97.8 Å². The van der Waals surface area contributed by atoms with Crippen LogP contribution in [-0.2, 0) is 0 Å². The van der Waals surface area contributed by atoms with Crippen molar-refractivity contribution in [1.82, 2.24) is 55.3 Å². The fourth-order valence-corrected chi connectivity index (χ4v) is 3.88. The number of para-hydroxylation sites is 1. The third kappa shape index (κ3) is 28.8. The Morgan fingerprint density at radius 3 is 1.19 bits per heavy atom. The van der Waals surface area contributed by atoms with Crippen molar-refractivity contribution < 1.29 is 0 Å². The number of hydrogen-bond donors (Lipinski definition) is 8. The highest BCUT2D eigenvalue weighted by Gasteiger charge is 1.84. The standard InChI is InChI=1S/C7H9N.3C6H8N2.4C5H7N3/c1-8-7-5-3-2-4-6-7;1-7-6-2-4-8-5-3-6;1-7-6-3-2-4-8-5-6;1-7-6-4-2-3-5-8-6;1-6-5-2-7-4-8-3-5;1-6-5-2-3-7-4-8-5;1-6-5-2-3-7-8-4-5;1-6-5-3-2-4-7-8-5/h2-6,8H,1H3;2-5H,1H3,(H,7,8);2-5,7H,1H3;2-5H,1H3,(H,7,8);2-4,6H,1H3;2-4H,1H3,(H,6,7,8);2-4H,1H3,(H,6,7);2-4H,1H3,(H,6,8). The van der Waals surface area contributed by atoms with Crippen LogP contribution in [0.3, 0.4) is 0 Å². The first-order chi connectivity index (χ1) is 31.5. The van der Waals surface area contributed by atoms with E-state index in [0.29, 0.717) is 0 Å². The van der Waals surface area contributed by atoms with Crippen LogP contribution in [0.5, 0.6) is 0 Å². The summed E-state index contributed by atoms with van der Waals surface area (Å²) in [5.41, 5.74) is 5.23. The molecule has 19 nitrogen and oxygen atoms in total. The van der Waals surface area contributed by atoms with Crippen LogP contribution in [0.1, 0.15) is 0 Å². The van der Waals surface area contributed by atoms with E-state index in [0.717, 1.165) is 45.9 Å². The molecule has 0 aliphatic heterocycles. The van der Waals surface area contributed by atoms with Gasteiger partial charge < -0.3 is 42.5 Å². The summed E-state index contributed by atoms with van der Waals surface area (Å²) in [7, 11) is 14.8. The molecule has 7 heterocycles. The van der Waals surface area contributed by atoms with Crippen LogP contribution in [0.25, 0.3) is 0 Å². The molecule has 19 heteroatoms. The number of hydrogen-bond acceptors (Lipinski definition) is 19. The lowest BCUT2D eigenvalue weighted by Gasteiger charge is -1.94. The van der Waals surface area contributed by atoms with E-state index < -0.39 is 0 Å². The fraction of sp³-hybridized carbons (Fsp3) is 0.178. The number of aromatic nitrogens is 11. The number of nitrogens with one attached hydrogen (secondary N) is 8. The van der Waals surface area contributed by atoms with Crippen molar-refractivity contribution in [3.63, 3.8) is 0 Å². The lowest BCUT2D eigenvalue weighted by Crippen LogP contribution is -1.91. The van der Waals surface area contributed by atoms with Gasteiger partial charge >= 0.3 is 0 Å². The zero-order chi connectivity index (χ0) is 46.6. The Morgan fingerprint density at radius 2 is 0.812 bits per heavy atom. The summed E-state index contributed by atoms with van der Waals surface area (Å²) in [6, 6.07) is 30.9. The second-order valence-corrected chi connectivity index (χ2v) is 11.5. The summed E-state index contributed by atoms with van der Waals surface area (Å²) in [6.07, 6.45) is 21.9. The van der Waals surface area contributed by atoms with E-state index in [1.807, 2.05) is 147 Å². The van der Waals surface area contributed by atoms with Crippen LogP contribution in [0, 0.1) is 0 Å².